The lowest BCUT2D eigenvalue weighted by Crippen LogP contribution is -2.19. The molecule has 5 heteroatoms. The minimum absolute atomic E-state index is 0.222. The highest BCUT2D eigenvalue weighted by Gasteiger charge is 2.13. The van der Waals surface area contributed by atoms with Gasteiger partial charge in [0.25, 0.3) is 0 Å². The Bertz CT molecular complexity index is 201. The van der Waals surface area contributed by atoms with Gasteiger partial charge in [-0.25, -0.2) is 0 Å². The Labute approximate surface area is 80.8 Å². The van der Waals surface area contributed by atoms with Crippen molar-refractivity contribution in [2.75, 3.05) is 0 Å². The van der Waals surface area contributed by atoms with E-state index >= 15 is 0 Å². The van der Waals surface area contributed by atoms with Crippen LogP contribution in [0.5, 0.6) is 0 Å². The molecule has 0 amide bonds. The lowest BCUT2D eigenvalue weighted by molar-refractivity contribution is -0.158. The molecule has 0 saturated carbocycles. The van der Waals surface area contributed by atoms with Crippen LogP contribution in [0.1, 0.15) is 20.3 Å². The third-order valence-electron chi connectivity index (χ3n) is 1.13. The molecule has 1 unspecified atom stereocenters. The molecule has 3 nitrogen and oxygen atoms in total. The monoisotopic (exact) mass is 208 g/mol. The maximum atomic E-state index is 11.0. The first-order valence-corrected chi connectivity index (χ1v) is 5.07. The second-order valence-corrected chi connectivity index (χ2v) is 4.08. The quantitative estimate of drug-likeness (QED) is 0.315. The van der Waals surface area contributed by atoms with E-state index in [1.54, 1.807) is 18.5 Å². The Hall–Kier alpha value is -0.290. The van der Waals surface area contributed by atoms with Crippen LogP contribution in [0.3, 0.4) is 0 Å². The predicted octanol–water partition coefficient (Wildman–Crippen LogP) is 1.01. The number of hydrogen-bond acceptors (Lipinski definition) is 3. The summed E-state index contributed by atoms with van der Waals surface area (Å²) in [5.74, 6) is -0.977. The molecular formula is C7H12O3S2. The summed E-state index contributed by atoms with van der Waals surface area (Å²) in [6.07, 6.45) is 0.222. The molecule has 0 aliphatic rings. The Morgan fingerprint density at radius 3 is 2.67 bits per heavy atom. The molecule has 0 aromatic rings. The van der Waals surface area contributed by atoms with Gasteiger partial charge in [-0.3, -0.25) is 9.59 Å². The summed E-state index contributed by atoms with van der Waals surface area (Å²) in [6.45, 7) is 3.32. The third kappa shape index (κ3) is 4.56. The summed E-state index contributed by atoms with van der Waals surface area (Å²) in [5.41, 5.74) is 0. The van der Waals surface area contributed by atoms with E-state index in [0.29, 0.717) is 0 Å². The topological polar surface area (TPSA) is 43.4 Å². The fourth-order valence-corrected chi connectivity index (χ4v) is 1.40. The number of thiol groups is 2. The van der Waals surface area contributed by atoms with Crippen LogP contribution in [0.15, 0.2) is 0 Å². The van der Waals surface area contributed by atoms with E-state index in [0.717, 1.165) is 11.4 Å². The fourth-order valence-electron chi connectivity index (χ4n) is 0.431. The van der Waals surface area contributed by atoms with Crippen LogP contribution in [0, 0.1) is 0 Å². The predicted molar refractivity (Wildman–Crippen MR) is 54.9 cm³/mol. The third-order valence-corrected chi connectivity index (χ3v) is 2.33. The first-order valence-electron chi connectivity index (χ1n) is 3.52. The van der Waals surface area contributed by atoms with Gasteiger partial charge in [0.1, 0.15) is 0 Å². The van der Waals surface area contributed by atoms with Gasteiger partial charge in [0, 0.05) is 6.42 Å². The molecule has 0 aliphatic carbocycles. The summed E-state index contributed by atoms with van der Waals surface area (Å²) in [6, 6.07) is 0. The smallest absolute Gasteiger partial charge is 0.325 e. The van der Waals surface area contributed by atoms with Crippen molar-refractivity contribution in [1.29, 1.82) is 0 Å². The highest BCUT2D eigenvalue weighted by Crippen LogP contribution is 2.03. The first-order chi connectivity index (χ1) is 5.61. The Balaban J connectivity index is 3.95. The van der Waals surface area contributed by atoms with E-state index < -0.39 is 11.9 Å². The molecule has 0 spiro atoms. The average Bonchev–Trinajstić information content (AvgIpc) is 2.04. The lowest BCUT2D eigenvalue weighted by Gasteiger charge is -2.04. The van der Waals surface area contributed by atoms with Crippen molar-refractivity contribution >= 4 is 40.6 Å². The molecule has 0 heterocycles. The molecule has 0 N–H and O–H groups in total. The van der Waals surface area contributed by atoms with E-state index in [2.05, 4.69) is 17.4 Å². The largest absolute Gasteiger partial charge is 0.392 e. The van der Waals surface area contributed by atoms with Crippen molar-refractivity contribution in [3.63, 3.8) is 0 Å². The molecular weight excluding hydrogens is 196 g/mol. The molecule has 70 valence electrons. The second kappa shape index (κ2) is 6.25. The SMILES string of the molecule is CCC(=O)OC(=O)C(C)[SH]=CS. The van der Waals surface area contributed by atoms with Crippen LogP contribution in [-0.2, 0) is 14.3 Å². The standard InChI is InChI=1S/C7H12O3S2/c1-3-6(8)10-7(9)5(2)12-4-11/h4-5,11-12H,3H2,1-2H3. The zero-order valence-corrected chi connectivity index (χ0v) is 8.77. The van der Waals surface area contributed by atoms with Gasteiger partial charge in [-0.05, 0) is 11.6 Å². The lowest BCUT2D eigenvalue weighted by atomic mass is 10.4. The van der Waals surface area contributed by atoms with Crippen LogP contribution >= 0.6 is 24.0 Å². The second-order valence-electron chi connectivity index (χ2n) is 2.09. The van der Waals surface area contributed by atoms with E-state index in [9.17, 15) is 9.59 Å². The zero-order valence-electron chi connectivity index (χ0n) is 6.98. The van der Waals surface area contributed by atoms with Crippen LogP contribution in [0.4, 0.5) is 0 Å². The van der Waals surface area contributed by atoms with Crippen molar-refractivity contribution in [3.05, 3.63) is 0 Å². The minimum atomic E-state index is -0.492. The summed E-state index contributed by atoms with van der Waals surface area (Å²) in [7, 11) is 0. The molecule has 12 heavy (non-hydrogen) atoms. The van der Waals surface area contributed by atoms with Crippen molar-refractivity contribution in [3.8, 4) is 0 Å². The molecule has 0 aromatic heterocycles. The van der Waals surface area contributed by atoms with Crippen molar-refractivity contribution < 1.29 is 14.3 Å². The number of carbonyl (C=O) groups is 2. The molecule has 0 saturated heterocycles. The molecule has 0 fully saturated rings. The number of rotatable bonds is 3. The summed E-state index contributed by atoms with van der Waals surface area (Å²) < 4.78 is 6.02. The number of carbonyl (C=O) groups excluding carboxylic acids is 2. The number of esters is 2. The Morgan fingerprint density at radius 2 is 2.25 bits per heavy atom. The number of hydrogen-bond donors (Lipinski definition) is 2. The fraction of sp³-hybridized carbons (Fsp3) is 0.571. The molecule has 0 aromatic carbocycles. The van der Waals surface area contributed by atoms with Crippen molar-refractivity contribution in [1.82, 2.24) is 0 Å². The Kier molecular flexibility index (Phi) is 6.10. The van der Waals surface area contributed by atoms with E-state index in [-0.39, 0.29) is 11.7 Å². The van der Waals surface area contributed by atoms with Gasteiger partial charge < -0.3 is 4.74 Å². The Morgan fingerprint density at radius 1 is 1.67 bits per heavy atom. The van der Waals surface area contributed by atoms with Gasteiger partial charge in [-0.15, -0.1) is 12.6 Å². The van der Waals surface area contributed by atoms with Crippen LogP contribution in [0.2, 0.25) is 0 Å². The van der Waals surface area contributed by atoms with Gasteiger partial charge in [-0.2, -0.15) is 11.4 Å². The number of ether oxygens (including phenoxy) is 1. The van der Waals surface area contributed by atoms with Crippen LogP contribution < -0.4 is 0 Å². The van der Waals surface area contributed by atoms with Gasteiger partial charge in [0.05, 0.1) is 5.25 Å². The summed E-state index contributed by atoms with van der Waals surface area (Å²) in [5, 5.41) is -0.321. The maximum absolute atomic E-state index is 11.0. The van der Waals surface area contributed by atoms with Gasteiger partial charge >= 0.3 is 11.9 Å². The maximum Gasteiger partial charge on any atom is 0.325 e. The van der Waals surface area contributed by atoms with Crippen LogP contribution in [-0.4, -0.2) is 21.9 Å². The van der Waals surface area contributed by atoms with E-state index in [4.69, 9.17) is 0 Å². The van der Waals surface area contributed by atoms with Gasteiger partial charge in [0.2, 0.25) is 0 Å². The van der Waals surface area contributed by atoms with E-state index in [1.165, 1.54) is 0 Å². The van der Waals surface area contributed by atoms with Gasteiger partial charge in [0.15, 0.2) is 0 Å². The first kappa shape index (κ1) is 11.7. The average molecular weight is 208 g/mol. The van der Waals surface area contributed by atoms with Crippen LogP contribution in [0.25, 0.3) is 0 Å². The minimum Gasteiger partial charge on any atom is -0.392 e. The summed E-state index contributed by atoms with van der Waals surface area (Å²) in [4.78, 5) is 21.7. The zero-order chi connectivity index (χ0) is 9.56. The molecule has 0 radical (unpaired) electrons. The molecule has 1 atom stereocenters. The summed E-state index contributed by atoms with van der Waals surface area (Å²) >= 11 is 4.58. The molecule has 0 aliphatic heterocycles. The van der Waals surface area contributed by atoms with E-state index in [1.807, 2.05) is 0 Å². The van der Waals surface area contributed by atoms with Gasteiger partial charge in [-0.1, -0.05) is 6.92 Å². The van der Waals surface area contributed by atoms with Crippen molar-refractivity contribution in [2.24, 2.45) is 0 Å². The highest BCUT2D eigenvalue weighted by molar-refractivity contribution is 8.16. The molecule has 0 rings (SSSR count). The highest BCUT2D eigenvalue weighted by atomic mass is 32.2. The normalized spacial score (nSPS) is 13.6. The van der Waals surface area contributed by atoms with Crippen molar-refractivity contribution in [2.45, 2.75) is 25.5 Å². The molecule has 0 bridgehead atoms.